The number of rotatable bonds is 3. The van der Waals surface area contributed by atoms with Gasteiger partial charge in [0.25, 0.3) is 11.4 Å². The fourth-order valence-electron chi connectivity index (χ4n) is 5.24. The van der Waals surface area contributed by atoms with E-state index in [0.29, 0.717) is 57.7 Å². The quantitative estimate of drug-likeness (QED) is 0.505. The summed E-state index contributed by atoms with van der Waals surface area (Å²) in [6.45, 7) is 11.4. The van der Waals surface area contributed by atoms with Crippen molar-refractivity contribution in [3.63, 3.8) is 0 Å². The third kappa shape index (κ3) is 4.26. The van der Waals surface area contributed by atoms with Gasteiger partial charge in [-0.25, -0.2) is 11.4 Å². The molecule has 9 heteroatoms. The highest BCUT2D eigenvalue weighted by Gasteiger charge is 2.43. The average molecular weight is 503 g/mol. The molecule has 2 saturated heterocycles. The van der Waals surface area contributed by atoms with Crippen LogP contribution in [0.2, 0.25) is 0 Å². The summed E-state index contributed by atoms with van der Waals surface area (Å²) in [6.07, 6.45) is 3.11. The highest BCUT2D eigenvalue weighted by molar-refractivity contribution is 7.17. The molecule has 2 aliphatic rings. The number of benzene rings is 1. The minimum Gasteiger partial charge on any atom is -0.369 e. The number of thiophene rings is 1. The van der Waals surface area contributed by atoms with E-state index in [-0.39, 0.29) is 11.9 Å². The number of nitrogens with zero attached hydrogens (tertiary/aromatic N) is 6. The van der Waals surface area contributed by atoms with E-state index in [9.17, 15) is 9.59 Å². The van der Waals surface area contributed by atoms with Gasteiger partial charge >= 0.3 is 6.03 Å². The van der Waals surface area contributed by atoms with E-state index in [4.69, 9.17) is 6.57 Å². The first kappa shape index (κ1) is 24.1. The second kappa shape index (κ2) is 9.78. The minimum absolute atomic E-state index is 0.0283. The lowest BCUT2D eigenvalue weighted by atomic mass is 9.81. The molecule has 2 fully saturated rings. The summed E-state index contributed by atoms with van der Waals surface area (Å²) in [7, 11) is 3.49. The molecular formula is C27H30N6O2S. The van der Waals surface area contributed by atoms with Gasteiger partial charge in [0.2, 0.25) is 0 Å². The van der Waals surface area contributed by atoms with E-state index < -0.39 is 5.54 Å². The number of amides is 3. The first-order valence-electron chi connectivity index (χ1n) is 12.2. The molecule has 2 aromatic heterocycles. The summed E-state index contributed by atoms with van der Waals surface area (Å²) in [6, 6.07) is 12.0. The van der Waals surface area contributed by atoms with Crippen LogP contribution in [0.5, 0.6) is 0 Å². The molecule has 0 spiro atoms. The molecule has 5 rings (SSSR count). The molecule has 0 unspecified atom stereocenters. The van der Waals surface area contributed by atoms with Crippen LogP contribution in [-0.4, -0.2) is 85.0 Å². The van der Waals surface area contributed by atoms with Gasteiger partial charge < -0.3 is 24.4 Å². The summed E-state index contributed by atoms with van der Waals surface area (Å²) in [4.78, 5) is 42.2. The normalized spacial score (nSPS) is 17.6. The number of piperazine rings is 1. The molecule has 0 radical (unpaired) electrons. The van der Waals surface area contributed by atoms with Gasteiger partial charge in [0, 0.05) is 78.0 Å². The van der Waals surface area contributed by atoms with Crippen LogP contribution in [0, 0.1) is 6.57 Å². The number of pyridine rings is 1. The van der Waals surface area contributed by atoms with Crippen LogP contribution in [0.3, 0.4) is 0 Å². The second-order valence-corrected chi connectivity index (χ2v) is 10.5. The van der Waals surface area contributed by atoms with E-state index in [1.165, 1.54) is 0 Å². The number of hydrogen-bond donors (Lipinski definition) is 0. The maximum absolute atomic E-state index is 13.7. The fraction of sp³-hybridized carbons (Fsp3) is 0.407. The molecule has 0 bridgehead atoms. The lowest BCUT2D eigenvalue weighted by molar-refractivity contribution is 0.0650. The average Bonchev–Trinajstić information content (AvgIpc) is 3.41. The molecule has 0 aliphatic carbocycles. The minimum atomic E-state index is -0.529. The zero-order chi connectivity index (χ0) is 25.3. The van der Waals surface area contributed by atoms with Crippen molar-refractivity contribution in [2.45, 2.75) is 18.4 Å². The molecule has 3 amide bonds. The summed E-state index contributed by atoms with van der Waals surface area (Å²) < 4.78 is 1.01. The Kier molecular flexibility index (Phi) is 6.54. The number of aromatic nitrogens is 1. The maximum Gasteiger partial charge on any atom is 0.319 e. The van der Waals surface area contributed by atoms with E-state index in [1.807, 2.05) is 46.7 Å². The zero-order valence-corrected chi connectivity index (χ0v) is 21.5. The smallest absolute Gasteiger partial charge is 0.319 e. The highest BCUT2D eigenvalue weighted by Crippen LogP contribution is 2.41. The summed E-state index contributed by atoms with van der Waals surface area (Å²) >= 11 is 1.60. The van der Waals surface area contributed by atoms with Crippen LogP contribution in [0.15, 0.2) is 48.0 Å². The van der Waals surface area contributed by atoms with Gasteiger partial charge in [-0.15, -0.1) is 11.3 Å². The lowest BCUT2D eigenvalue weighted by Gasteiger charge is -2.38. The predicted octanol–water partition coefficient (Wildman–Crippen LogP) is 4.15. The van der Waals surface area contributed by atoms with Gasteiger partial charge in [-0.2, -0.15) is 0 Å². The molecule has 0 saturated carbocycles. The first-order valence-corrected chi connectivity index (χ1v) is 13.1. The number of urea groups is 1. The summed E-state index contributed by atoms with van der Waals surface area (Å²) in [5.41, 5.74) is 2.96. The fourth-order valence-corrected chi connectivity index (χ4v) is 6.16. The van der Waals surface area contributed by atoms with Crippen molar-refractivity contribution in [3.05, 3.63) is 70.5 Å². The van der Waals surface area contributed by atoms with Crippen LogP contribution in [-0.2, 0) is 5.54 Å². The standard InChI is InChI=1S/C27H30N6O2S/c1-28-27(20-7-5-4-6-8-20)10-12-31(13-11-27)23-21(19-29-22-9-18-36-24(22)23)25(34)32-14-16-33(17-15-32)26(35)30(2)3/h4-9,18-19H,10-17H2,2-3H3. The van der Waals surface area contributed by atoms with E-state index in [2.05, 4.69) is 14.7 Å². The molecule has 36 heavy (non-hydrogen) atoms. The molecule has 0 N–H and O–H groups in total. The number of carbonyl (C=O) groups excluding carboxylic acids is 2. The van der Waals surface area contributed by atoms with Crippen molar-refractivity contribution in [1.82, 2.24) is 19.7 Å². The molecular weight excluding hydrogens is 472 g/mol. The van der Waals surface area contributed by atoms with Gasteiger partial charge in [-0.05, 0) is 11.4 Å². The predicted molar refractivity (Wildman–Crippen MR) is 142 cm³/mol. The van der Waals surface area contributed by atoms with Gasteiger partial charge in [0.05, 0.1) is 21.5 Å². The summed E-state index contributed by atoms with van der Waals surface area (Å²) in [5.74, 6) is -0.0465. The number of fused-ring (bicyclic) bond motifs is 1. The maximum atomic E-state index is 13.7. The van der Waals surface area contributed by atoms with Gasteiger partial charge in [-0.1, -0.05) is 30.3 Å². The van der Waals surface area contributed by atoms with Crippen LogP contribution < -0.4 is 4.90 Å². The first-order chi connectivity index (χ1) is 17.4. The van der Waals surface area contributed by atoms with Gasteiger partial charge in [0.15, 0.2) is 0 Å². The van der Waals surface area contributed by atoms with Crippen molar-refractivity contribution < 1.29 is 9.59 Å². The van der Waals surface area contributed by atoms with Crippen molar-refractivity contribution >= 4 is 39.2 Å². The third-order valence-electron chi connectivity index (χ3n) is 7.33. The second-order valence-electron chi connectivity index (χ2n) is 9.61. The Hall–Kier alpha value is -3.64. The number of carbonyl (C=O) groups is 2. The molecule has 8 nitrogen and oxygen atoms in total. The number of piperidine rings is 1. The van der Waals surface area contributed by atoms with Crippen LogP contribution >= 0.6 is 11.3 Å². The van der Waals surface area contributed by atoms with Crippen molar-refractivity contribution in [2.24, 2.45) is 0 Å². The number of anilines is 1. The van der Waals surface area contributed by atoms with Crippen LogP contribution in [0.25, 0.3) is 15.1 Å². The van der Waals surface area contributed by atoms with E-state index in [1.54, 1.807) is 41.4 Å². The Bertz CT molecular complexity index is 1300. The largest absolute Gasteiger partial charge is 0.369 e. The highest BCUT2D eigenvalue weighted by atomic mass is 32.1. The Morgan fingerprint density at radius 1 is 1.00 bits per heavy atom. The van der Waals surface area contributed by atoms with Crippen molar-refractivity contribution in [2.75, 3.05) is 58.3 Å². The number of hydrogen-bond acceptors (Lipinski definition) is 5. The van der Waals surface area contributed by atoms with Gasteiger partial charge in [0.1, 0.15) is 0 Å². The van der Waals surface area contributed by atoms with Crippen molar-refractivity contribution in [3.8, 4) is 0 Å². The SMILES string of the molecule is [C-]#[N+]C1(c2ccccc2)CCN(c2c(C(=O)N3CCN(C(=O)N(C)C)CC3)cnc3ccsc23)CC1. The Morgan fingerprint density at radius 3 is 2.31 bits per heavy atom. The van der Waals surface area contributed by atoms with Crippen molar-refractivity contribution in [1.29, 1.82) is 0 Å². The topological polar surface area (TPSA) is 64.4 Å². The molecule has 2 aliphatic heterocycles. The Labute approximate surface area is 215 Å². The Balaban J connectivity index is 1.40. The molecule has 0 atom stereocenters. The zero-order valence-electron chi connectivity index (χ0n) is 20.7. The van der Waals surface area contributed by atoms with Crippen LogP contribution in [0.1, 0.15) is 28.8 Å². The Morgan fingerprint density at radius 2 is 1.67 bits per heavy atom. The molecule has 186 valence electrons. The molecule has 3 aromatic rings. The van der Waals surface area contributed by atoms with E-state index in [0.717, 1.165) is 21.5 Å². The lowest BCUT2D eigenvalue weighted by Crippen LogP contribution is -2.53. The van der Waals surface area contributed by atoms with Crippen LogP contribution in [0.4, 0.5) is 10.5 Å². The third-order valence-corrected chi connectivity index (χ3v) is 8.24. The summed E-state index contributed by atoms with van der Waals surface area (Å²) in [5, 5.41) is 2.01. The van der Waals surface area contributed by atoms with E-state index >= 15 is 0 Å². The monoisotopic (exact) mass is 502 g/mol. The van der Waals surface area contributed by atoms with Gasteiger partial charge in [-0.3, -0.25) is 9.78 Å². The molecule has 4 heterocycles. The molecule has 1 aromatic carbocycles.